The second-order valence-corrected chi connectivity index (χ2v) is 5.79. The third-order valence-corrected chi connectivity index (χ3v) is 4.97. The van der Waals surface area contributed by atoms with Crippen molar-refractivity contribution in [3.63, 3.8) is 0 Å². The molecule has 1 aliphatic heterocycles. The van der Waals surface area contributed by atoms with E-state index in [1.54, 1.807) is 0 Å². The smallest absolute Gasteiger partial charge is 0.0362 e. The van der Waals surface area contributed by atoms with Crippen LogP contribution in [0.4, 0.5) is 0 Å². The third-order valence-electron chi connectivity index (χ3n) is 4.97. The summed E-state index contributed by atoms with van der Waals surface area (Å²) in [7, 11) is 0. The highest BCUT2D eigenvalue weighted by Gasteiger charge is 2.59. The van der Waals surface area contributed by atoms with Crippen molar-refractivity contribution in [3.05, 3.63) is 0 Å². The van der Waals surface area contributed by atoms with E-state index in [0.29, 0.717) is 5.54 Å². The molecule has 1 heterocycles. The van der Waals surface area contributed by atoms with Crippen LogP contribution in [0.5, 0.6) is 0 Å². The van der Waals surface area contributed by atoms with Crippen LogP contribution in [0, 0.1) is 17.8 Å². The number of hydrogen-bond donors (Lipinski definition) is 1. The van der Waals surface area contributed by atoms with Crippen LogP contribution in [0.2, 0.25) is 0 Å². The number of nitrogens with two attached hydrogens (primary N) is 1. The first kappa shape index (κ1) is 9.17. The lowest BCUT2D eigenvalue weighted by molar-refractivity contribution is 0.103. The van der Waals surface area contributed by atoms with E-state index in [-0.39, 0.29) is 0 Å². The Labute approximate surface area is 86.8 Å². The molecule has 1 saturated heterocycles. The minimum atomic E-state index is 0.440. The van der Waals surface area contributed by atoms with Gasteiger partial charge in [-0.3, -0.25) is 4.90 Å². The van der Waals surface area contributed by atoms with E-state index in [4.69, 9.17) is 5.73 Å². The molecule has 2 N–H and O–H groups in total. The minimum Gasteiger partial charge on any atom is -0.329 e. The van der Waals surface area contributed by atoms with Gasteiger partial charge >= 0.3 is 0 Å². The monoisotopic (exact) mass is 194 g/mol. The first-order valence-corrected chi connectivity index (χ1v) is 6.21. The van der Waals surface area contributed by atoms with Gasteiger partial charge in [0.25, 0.3) is 0 Å². The van der Waals surface area contributed by atoms with Gasteiger partial charge in [0.15, 0.2) is 0 Å². The summed E-state index contributed by atoms with van der Waals surface area (Å²) in [6.07, 6.45) is 5.69. The first-order valence-electron chi connectivity index (χ1n) is 6.21. The van der Waals surface area contributed by atoms with Crippen LogP contribution in [-0.2, 0) is 0 Å². The molecule has 4 atom stereocenters. The zero-order valence-electron chi connectivity index (χ0n) is 9.21. The average Bonchev–Trinajstić information content (AvgIpc) is 2.69. The summed E-state index contributed by atoms with van der Waals surface area (Å²) in [4.78, 5) is 2.73. The third kappa shape index (κ3) is 1.10. The topological polar surface area (TPSA) is 29.3 Å². The van der Waals surface area contributed by atoms with E-state index >= 15 is 0 Å². The molecular weight excluding hydrogens is 172 g/mol. The highest BCUT2D eigenvalue weighted by Crippen LogP contribution is 2.59. The molecule has 0 bridgehead atoms. The average molecular weight is 194 g/mol. The summed E-state index contributed by atoms with van der Waals surface area (Å²) in [6.45, 7) is 5.90. The van der Waals surface area contributed by atoms with E-state index in [1.165, 1.54) is 38.8 Å². The highest BCUT2D eigenvalue weighted by atomic mass is 15.2. The fraction of sp³-hybridized carbons (Fsp3) is 1.00. The fourth-order valence-electron chi connectivity index (χ4n) is 3.96. The van der Waals surface area contributed by atoms with Gasteiger partial charge in [0.2, 0.25) is 0 Å². The first-order chi connectivity index (χ1) is 6.76. The van der Waals surface area contributed by atoms with Crippen LogP contribution in [0.3, 0.4) is 0 Å². The zero-order valence-corrected chi connectivity index (χ0v) is 9.21. The van der Waals surface area contributed by atoms with E-state index < -0.39 is 0 Å². The predicted octanol–water partition coefficient (Wildman–Crippen LogP) is 1.46. The standard InChI is InChI=1S/C12H22N2/c1-9-3-5-14(7-9)12(8-13)4-2-10-6-11(10)12/h9-11H,2-8,13H2,1H3. The van der Waals surface area contributed by atoms with Crippen molar-refractivity contribution in [1.29, 1.82) is 0 Å². The molecule has 3 rings (SSSR count). The molecule has 3 aliphatic rings. The van der Waals surface area contributed by atoms with E-state index in [2.05, 4.69) is 11.8 Å². The highest BCUT2D eigenvalue weighted by molar-refractivity contribution is 5.14. The summed E-state index contributed by atoms with van der Waals surface area (Å²) >= 11 is 0. The molecule has 0 radical (unpaired) electrons. The maximum atomic E-state index is 6.07. The van der Waals surface area contributed by atoms with Crippen LogP contribution in [-0.4, -0.2) is 30.1 Å². The number of likely N-dealkylation sites (tertiary alicyclic amines) is 1. The Morgan fingerprint density at radius 1 is 1.43 bits per heavy atom. The van der Waals surface area contributed by atoms with Crippen molar-refractivity contribution >= 4 is 0 Å². The largest absolute Gasteiger partial charge is 0.329 e. The van der Waals surface area contributed by atoms with Crippen LogP contribution < -0.4 is 5.73 Å². The van der Waals surface area contributed by atoms with Crippen LogP contribution in [0.15, 0.2) is 0 Å². The molecule has 0 aromatic rings. The van der Waals surface area contributed by atoms with Crippen molar-refractivity contribution in [2.24, 2.45) is 23.5 Å². The van der Waals surface area contributed by atoms with Gasteiger partial charge in [-0.25, -0.2) is 0 Å². The fourth-order valence-corrected chi connectivity index (χ4v) is 3.96. The molecule has 4 unspecified atom stereocenters. The molecular formula is C12H22N2. The molecule has 2 heteroatoms. The Morgan fingerprint density at radius 2 is 2.29 bits per heavy atom. The van der Waals surface area contributed by atoms with E-state index in [0.717, 1.165) is 24.3 Å². The summed E-state index contributed by atoms with van der Waals surface area (Å²) in [6, 6.07) is 0. The van der Waals surface area contributed by atoms with Gasteiger partial charge in [0, 0.05) is 18.6 Å². The van der Waals surface area contributed by atoms with Gasteiger partial charge in [0.1, 0.15) is 0 Å². The zero-order chi connectivity index (χ0) is 9.76. The molecule has 0 amide bonds. The van der Waals surface area contributed by atoms with Crippen molar-refractivity contribution in [3.8, 4) is 0 Å². The van der Waals surface area contributed by atoms with Crippen LogP contribution in [0.25, 0.3) is 0 Å². The lowest BCUT2D eigenvalue weighted by Crippen LogP contribution is -2.53. The summed E-state index contributed by atoms with van der Waals surface area (Å²) in [5.41, 5.74) is 6.51. The van der Waals surface area contributed by atoms with Crippen LogP contribution >= 0.6 is 0 Å². The molecule has 0 aromatic heterocycles. The van der Waals surface area contributed by atoms with Gasteiger partial charge in [-0.2, -0.15) is 0 Å². The Morgan fingerprint density at radius 3 is 2.71 bits per heavy atom. The molecule has 2 aliphatic carbocycles. The number of rotatable bonds is 2. The number of fused-ring (bicyclic) bond motifs is 1. The van der Waals surface area contributed by atoms with Gasteiger partial charge < -0.3 is 5.73 Å². The van der Waals surface area contributed by atoms with Gasteiger partial charge in [0.05, 0.1) is 0 Å². The summed E-state index contributed by atoms with van der Waals surface area (Å²) in [5.74, 6) is 2.92. The quantitative estimate of drug-likeness (QED) is 0.721. The van der Waals surface area contributed by atoms with Crippen molar-refractivity contribution in [1.82, 2.24) is 4.90 Å². The molecule has 2 saturated carbocycles. The lowest BCUT2D eigenvalue weighted by Gasteiger charge is -2.40. The van der Waals surface area contributed by atoms with E-state index in [9.17, 15) is 0 Å². The van der Waals surface area contributed by atoms with Gasteiger partial charge in [-0.15, -0.1) is 0 Å². The molecule has 0 spiro atoms. The summed E-state index contributed by atoms with van der Waals surface area (Å²) in [5, 5.41) is 0. The minimum absolute atomic E-state index is 0.440. The number of nitrogens with zero attached hydrogens (tertiary/aromatic N) is 1. The molecule has 3 fully saturated rings. The SMILES string of the molecule is CC1CCN(C2(CN)CCC3CC32)C1. The lowest BCUT2D eigenvalue weighted by atomic mass is 9.91. The molecule has 2 nitrogen and oxygen atoms in total. The van der Waals surface area contributed by atoms with Gasteiger partial charge in [-0.05, 0) is 50.0 Å². The second kappa shape index (κ2) is 2.96. The van der Waals surface area contributed by atoms with Gasteiger partial charge in [-0.1, -0.05) is 6.92 Å². The Kier molecular flexibility index (Phi) is 1.94. The van der Waals surface area contributed by atoms with Crippen molar-refractivity contribution in [2.45, 2.75) is 38.1 Å². The van der Waals surface area contributed by atoms with Crippen molar-refractivity contribution in [2.75, 3.05) is 19.6 Å². The van der Waals surface area contributed by atoms with Crippen LogP contribution in [0.1, 0.15) is 32.6 Å². The molecule has 80 valence electrons. The Hall–Kier alpha value is -0.0800. The second-order valence-electron chi connectivity index (χ2n) is 5.79. The normalized spacial score (nSPS) is 52.3. The summed E-state index contributed by atoms with van der Waals surface area (Å²) < 4.78 is 0. The maximum absolute atomic E-state index is 6.07. The predicted molar refractivity (Wildman–Crippen MR) is 58.0 cm³/mol. The van der Waals surface area contributed by atoms with Crippen molar-refractivity contribution < 1.29 is 0 Å². The Bertz CT molecular complexity index is 240. The number of hydrogen-bond acceptors (Lipinski definition) is 2. The Balaban J connectivity index is 1.79. The maximum Gasteiger partial charge on any atom is 0.0362 e. The molecule has 14 heavy (non-hydrogen) atoms. The van der Waals surface area contributed by atoms with E-state index in [1.807, 2.05) is 0 Å². The molecule has 0 aromatic carbocycles.